The maximum absolute atomic E-state index is 12.0. The maximum Gasteiger partial charge on any atom is 0.262 e. The monoisotopic (exact) mass is 338 g/mol. The lowest BCUT2D eigenvalue weighted by Crippen LogP contribution is -2.15. The molecule has 3 N–H and O–H groups in total. The number of hydrogen-bond acceptors (Lipinski definition) is 3. The predicted molar refractivity (Wildman–Crippen MR) is 79.9 cm³/mol. The van der Waals surface area contributed by atoms with E-state index in [9.17, 15) is 9.59 Å². The highest BCUT2D eigenvalue weighted by atomic mass is 79.9. The number of H-pyrrole nitrogens is 2. The number of amides is 1. The third kappa shape index (κ3) is 3.57. The molecule has 0 aliphatic heterocycles. The summed E-state index contributed by atoms with van der Waals surface area (Å²) in [4.78, 5) is 25.7. The molecule has 0 atom stereocenters. The van der Waals surface area contributed by atoms with E-state index in [4.69, 9.17) is 0 Å². The van der Waals surface area contributed by atoms with Crippen molar-refractivity contribution in [1.29, 1.82) is 0 Å². The molecular weight excluding hydrogens is 324 g/mol. The van der Waals surface area contributed by atoms with Crippen molar-refractivity contribution in [3.63, 3.8) is 0 Å². The second-order valence-electron chi connectivity index (χ2n) is 4.40. The van der Waals surface area contributed by atoms with E-state index in [0.29, 0.717) is 15.9 Å². The van der Waals surface area contributed by atoms with Crippen LogP contribution in [0.15, 0.2) is 27.6 Å². The molecule has 0 radical (unpaired) electrons. The zero-order chi connectivity index (χ0) is 14.5. The van der Waals surface area contributed by atoms with Crippen molar-refractivity contribution in [3.05, 3.63) is 44.4 Å². The summed E-state index contributed by atoms with van der Waals surface area (Å²) in [7, 11) is 0. The molecule has 0 bridgehead atoms. The first-order valence-electron chi connectivity index (χ1n) is 6.34. The highest BCUT2D eigenvalue weighted by Gasteiger charge is 2.10. The van der Waals surface area contributed by atoms with Gasteiger partial charge in [-0.15, -0.1) is 0 Å². The number of hydrogen-bond donors (Lipinski definition) is 3. The van der Waals surface area contributed by atoms with Crippen molar-refractivity contribution in [2.45, 2.75) is 26.2 Å². The van der Waals surface area contributed by atoms with Crippen LogP contribution in [-0.2, 0) is 6.42 Å². The van der Waals surface area contributed by atoms with Gasteiger partial charge in [-0.25, -0.2) is 0 Å². The summed E-state index contributed by atoms with van der Waals surface area (Å²) in [6.07, 6.45) is 4.45. The lowest BCUT2D eigenvalue weighted by molar-refractivity contribution is 0.102. The third-order valence-electron chi connectivity index (χ3n) is 2.79. The van der Waals surface area contributed by atoms with Gasteiger partial charge in [0.25, 0.3) is 11.5 Å². The summed E-state index contributed by atoms with van der Waals surface area (Å²) in [6.45, 7) is 2.12. The van der Waals surface area contributed by atoms with E-state index in [1.807, 2.05) is 6.07 Å². The van der Waals surface area contributed by atoms with Gasteiger partial charge in [0.15, 0.2) is 5.82 Å². The number of nitrogens with zero attached hydrogens (tertiary/aromatic N) is 1. The van der Waals surface area contributed by atoms with Crippen LogP contribution >= 0.6 is 15.9 Å². The molecule has 0 aliphatic carbocycles. The molecule has 1 amide bonds. The summed E-state index contributed by atoms with van der Waals surface area (Å²) in [5, 5.41) is 9.60. The number of unbranched alkanes of at least 4 members (excludes halogenated alkanes) is 1. The Morgan fingerprint density at radius 3 is 2.95 bits per heavy atom. The molecule has 20 heavy (non-hydrogen) atoms. The van der Waals surface area contributed by atoms with Crippen molar-refractivity contribution in [2.75, 3.05) is 5.32 Å². The van der Waals surface area contributed by atoms with Crippen LogP contribution in [0, 0.1) is 0 Å². The molecule has 2 heterocycles. The van der Waals surface area contributed by atoms with E-state index in [2.05, 4.69) is 43.4 Å². The number of carbonyl (C=O) groups excluding carboxylic acids is 1. The minimum Gasteiger partial charge on any atom is -0.327 e. The highest BCUT2D eigenvalue weighted by Crippen LogP contribution is 2.11. The number of aryl methyl sites for hydroxylation is 1. The lowest BCUT2D eigenvalue weighted by atomic mass is 10.2. The van der Waals surface area contributed by atoms with Crippen molar-refractivity contribution >= 4 is 27.7 Å². The Kier molecular flexibility index (Phi) is 4.73. The Bertz CT molecular complexity index is 662. The number of anilines is 1. The Balaban J connectivity index is 2.05. The van der Waals surface area contributed by atoms with Crippen LogP contribution < -0.4 is 10.9 Å². The van der Waals surface area contributed by atoms with Gasteiger partial charge in [-0.3, -0.25) is 14.7 Å². The van der Waals surface area contributed by atoms with Crippen molar-refractivity contribution < 1.29 is 4.79 Å². The molecule has 0 aliphatic rings. The van der Waals surface area contributed by atoms with E-state index < -0.39 is 0 Å². The fourth-order valence-electron chi connectivity index (χ4n) is 1.70. The van der Waals surface area contributed by atoms with E-state index in [0.717, 1.165) is 25.0 Å². The maximum atomic E-state index is 12.0. The molecule has 2 aromatic heterocycles. The molecule has 0 fully saturated rings. The van der Waals surface area contributed by atoms with E-state index in [1.54, 1.807) is 0 Å². The highest BCUT2D eigenvalue weighted by molar-refractivity contribution is 9.10. The van der Waals surface area contributed by atoms with Gasteiger partial charge in [-0.2, -0.15) is 5.10 Å². The fraction of sp³-hybridized carbons (Fsp3) is 0.308. The number of halogens is 1. The van der Waals surface area contributed by atoms with Gasteiger partial charge in [0.2, 0.25) is 0 Å². The largest absolute Gasteiger partial charge is 0.327 e. The molecule has 0 spiro atoms. The van der Waals surface area contributed by atoms with Crippen LogP contribution in [0.25, 0.3) is 0 Å². The van der Waals surface area contributed by atoms with Crippen molar-refractivity contribution in [1.82, 2.24) is 15.2 Å². The Morgan fingerprint density at radius 2 is 2.25 bits per heavy atom. The Labute approximate surface area is 124 Å². The van der Waals surface area contributed by atoms with Gasteiger partial charge in [-0.05, 0) is 34.8 Å². The fourth-order valence-corrected chi connectivity index (χ4v) is 2.06. The Hall–Kier alpha value is -1.89. The van der Waals surface area contributed by atoms with Gasteiger partial charge in [0, 0.05) is 18.0 Å². The molecule has 106 valence electrons. The average Bonchev–Trinajstić information content (AvgIpc) is 2.87. The van der Waals surface area contributed by atoms with Crippen molar-refractivity contribution in [3.8, 4) is 0 Å². The zero-order valence-electron chi connectivity index (χ0n) is 11.0. The van der Waals surface area contributed by atoms with E-state index >= 15 is 0 Å². The van der Waals surface area contributed by atoms with Gasteiger partial charge in [0.05, 0.1) is 10.0 Å². The molecule has 7 heteroatoms. The predicted octanol–water partition coefficient (Wildman–Crippen LogP) is 2.46. The second kappa shape index (κ2) is 6.51. The normalized spacial score (nSPS) is 10.5. The summed E-state index contributed by atoms with van der Waals surface area (Å²) in [5.74, 6) is 0.152. The van der Waals surface area contributed by atoms with Gasteiger partial charge < -0.3 is 10.3 Å². The zero-order valence-corrected chi connectivity index (χ0v) is 12.6. The molecular formula is C13H15BrN4O2. The van der Waals surface area contributed by atoms with Crippen LogP contribution in [0.1, 0.15) is 35.8 Å². The SMILES string of the molecule is CCCCc1cc(NC(=O)c2c[nH]c(=O)c(Br)c2)n[nH]1. The average molecular weight is 339 g/mol. The van der Waals surface area contributed by atoms with Crippen LogP contribution in [-0.4, -0.2) is 21.1 Å². The van der Waals surface area contributed by atoms with Crippen molar-refractivity contribution in [2.24, 2.45) is 0 Å². The van der Waals surface area contributed by atoms with Gasteiger partial charge >= 0.3 is 0 Å². The van der Waals surface area contributed by atoms with E-state index in [-0.39, 0.29) is 11.5 Å². The molecule has 0 unspecified atom stereocenters. The minimum atomic E-state index is -0.324. The number of pyridine rings is 1. The quantitative estimate of drug-likeness (QED) is 0.781. The molecule has 0 saturated heterocycles. The second-order valence-corrected chi connectivity index (χ2v) is 5.26. The number of carbonyl (C=O) groups is 1. The third-order valence-corrected chi connectivity index (χ3v) is 3.38. The van der Waals surface area contributed by atoms with Crippen LogP contribution in [0.2, 0.25) is 0 Å². The number of rotatable bonds is 5. The van der Waals surface area contributed by atoms with E-state index in [1.165, 1.54) is 12.3 Å². The minimum absolute atomic E-state index is 0.275. The first-order chi connectivity index (χ1) is 9.60. The van der Waals surface area contributed by atoms with Crippen LogP contribution in [0.3, 0.4) is 0 Å². The molecule has 6 nitrogen and oxygen atoms in total. The first kappa shape index (κ1) is 14.5. The first-order valence-corrected chi connectivity index (χ1v) is 7.13. The number of nitrogens with one attached hydrogen (secondary N) is 3. The number of aromatic nitrogens is 3. The lowest BCUT2D eigenvalue weighted by Gasteiger charge is -2.01. The molecule has 2 aromatic rings. The van der Waals surface area contributed by atoms with Gasteiger partial charge in [0.1, 0.15) is 0 Å². The summed E-state index contributed by atoms with van der Waals surface area (Å²) < 4.78 is 0.316. The number of aromatic amines is 2. The van der Waals surface area contributed by atoms with Gasteiger partial charge in [-0.1, -0.05) is 13.3 Å². The summed E-state index contributed by atoms with van der Waals surface area (Å²) in [6, 6.07) is 3.28. The van der Waals surface area contributed by atoms with Crippen LogP contribution in [0.5, 0.6) is 0 Å². The topological polar surface area (TPSA) is 90.6 Å². The molecule has 0 aromatic carbocycles. The Morgan fingerprint density at radius 1 is 1.45 bits per heavy atom. The molecule has 2 rings (SSSR count). The summed E-state index contributed by atoms with van der Waals surface area (Å²) in [5.41, 5.74) is 1.07. The van der Waals surface area contributed by atoms with Crippen LogP contribution in [0.4, 0.5) is 5.82 Å². The molecule has 0 saturated carbocycles. The summed E-state index contributed by atoms with van der Waals surface area (Å²) >= 11 is 3.09. The smallest absolute Gasteiger partial charge is 0.262 e. The standard InChI is InChI=1S/C13H15BrN4O2/c1-2-3-4-9-6-11(18-17-9)16-12(19)8-5-10(14)13(20)15-7-8/h5-7H,2-4H2,1H3,(H,15,20)(H2,16,17,18,19).